The fraction of sp³-hybridized carbons (Fsp3) is 0.368. The van der Waals surface area contributed by atoms with E-state index >= 15 is 0 Å². The van der Waals surface area contributed by atoms with Gasteiger partial charge in [-0.15, -0.1) is 0 Å². The van der Waals surface area contributed by atoms with Crippen LogP contribution in [0.3, 0.4) is 0 Å². The quantitative estimate of drug-likeness (QED) is 0.475. The van der Waals surface area contributed by atoms with Crippen molar-refractivity contribution in [2.24, 2.45) is 0 Å². The third-order valence-corrected chi connectivity index (χ3v) is 6.33. The van der Waals surface area contributed by atoms with Crippen molar-refractivity contribution in [3.8, 4) is 0 Å². The maximum absolute atomic E-state index is 12.9. The van der Waals surface area contributed by atoms with Gasteiger partial charge in [0.15, 0.2) is 0 Å². The van der Waals surface area contributed by atoms with Crippen molar-refractivity contribution in [2.75, 3.05) is 11.9 Å². The van der Waals surface area contributed by atoms with E-state index in [0.29, 0.717) is 17.4 Å². The van der Waals surface area contributed by atoms with Crippen LogP contribution in [0.4, 0.5) is 16.4 Å². The summed E-state index contributed by atoms with van der Waals surface area (Å²) in [6, 6.07) is 3.76. The molecule has 4 rings (SSSR count). The molecule has 3 amide bonds. The fourth-order valence-corrected chi connectivity index (χ4v) is 4.68. The molecular weight excluding hydrogens is 408 g/mol. The van der Waals surface area contributed by atoms with Gasteiger partial charge >= 0.3 is 6.03 Å². The molecule has 0 radical (unpaired) electrons. The number of carbonyl (C=O) groups is 2. The predicted octanol–water partition coefficient (Wildman–Crippen LogP) is 3.03. The number of thioether (sulfide) groups is 1. The lowest BCUT2D eigenvalue weighted by Gasteiger charge is -2.13. The zero-order valence-corrected chi connectivity index (χ0v) is 16.8. The number of benzene rings is 1. The maximum Gasteiger partial charge on any atom is 0.315 e. The number of non-ortho nitro benzene ring substituents is 1. The Morgan fingerprint density at radius 1 is 1.23 bits per heavy atom. The van der Waals surface area contributed by atoms with Crippen molar-refractivity contribution < 1.29 is 14.5 Å². The number of nitrogens with one attached hydrogen (secondary N) is 3. The van der Waals surface area contributed by atoms with Crippen molar-refractivity contribution in [3.05, 3.63) is 51.8 Å². The highest BCUT2D eigenvalue weighted by Gasteiger charge is 2.25. The predicted molar refractivity (Wildman–Crippen MR) is 110 cm³/mol. The number of urea groups is 1. The van der Waals surface area contributed by atoms with E-state index in [1.807, 2.05) is 0 Å². The van der Waals surface area contributed by atoms with Gasteiger partial charge in [-0.1, -0.05) is 24.6 Å². The average Bonchev–Trinajstić information content (AvgIpc) is 3.41. The molecule has 10 nitrogen and oxygen atoms in total. The zero-order chi connectivity index (χ0) is 21.1. The number of rotatable bonds is 6. The van der Waals surface area contributed by atoms with Crippen molar-refractivity contribution in [1.29, 1.82) is 0 Å². The zero-order valence-electron chi connectivity index (χ0n) is 16.0. The Labute approximate surface area is 176 Å². The minimum Gasteiger partial charge on any atom is -0.335 e. The molecule has 1 atom stereocenters. The molecule has 2 aliphatic rings. The van der Waals surface area contributed by atoms with E-state index in [1.165, 1.54) is 42.8 Å². The first-order valence-corrected chi connectivity index (χ1v) is 10.5. The Balaban J connectivity index is 1.53. The minimum absolute atomic E-state index is 0.124. The number of nitro benzene ring substituents is 1. The minimum atomic E-state index is -0.559. The summed E-state index contributed by atoms with van der Waals surface area (Å²) < 4.78 is 0. The van der Waals surface area contributed by atoms with E-state index in [9.17, 15) is 19.7 Å². The molecule has 1 saturated carbocycles. The Kier molecular flexibility index (Phi) is 5.79. The van der Waals surface area contributed by atoms with Crippen LogP contribution >= 0.6 is 11.8 Å². The van der Waals surface area contributed by atoms with Crippen LogP contribution in [-0.2, 0) is 0 Å². The number of hydrogen-bond acceptors (Lipinski definition) is 7. The standard InChI is InChI=1S/C19H20N6O4S/c26-17(24-18-20-8-12(9-21-18)11-3-1-2-4-11)14-7-13(25(28)29)5-6-15(14)30-16-10-22-19(27)23-16/h5-9,11,16H,1-4,10H2,(H2,22,23,27)(H,20,21,24,26). The summed E-state index contributed by atoms with van der Waals surface area (Å²) >= 11 is 1.24. The number of amides is 3. The lowest BCUT2D eigenvalue weighted by molar-refractivity contribution is -0.384. The van der Waals surface area contributed by atoms with Gasteiger partial charge in [-0.25, -0.2) is 14.8 Å². The van der Waals surface area contributed by atoms with Crippen LogP contribution in [0.25, 0.3) is 0 Å². The summed E-state index contributed by atoms with van der Waals surface area (Å²) in [5.74, 6) is 0.0527. The van der Waals surface area contributed by atoms with E-state index < -0.39 is 10.8 Å². The first-order chi connectivity index (χ1) is 14.5. The molecule has 2 aromatic rings. The van der Waals surface area contributed by atoms with Gasteiger partial charge in [0.1, 0.15) is 0 Å². The Bertz CT molecular complexity index is 977. The Morgan fingerprint density at radius 3 is 2.60 bits per heavy atom. The summed E-state index contributed by atoms with van der Waals surface area (Å²) in [5, 5.41) is 18.9. The SMILES string of the molecule is O=C1NCC(Sc2ccc([N+](=O)[O-])cc2C(=O)Nc2ncc(C3CCCC3)cn2)N1. The monoisotopic (exact) mass is 428 g/mol. The van der Waals surface area contributed by atoms with Crippen LogP contribution in [-0.4, -0.2) is 38.7 Å². The molecule has 2 heterocycles. The molecule has 3 N–H and O–H groups in total. The van der Waals surface area contributed by atoms with Gasteiger partial charge in [0.05, 0.1) is 15.9 Å². The molecule has 0 bridgehead atoms. The van der Waals surface area contributed by atoms with Gasteiger partial charge in [0.25, 0.3) is 11.6 Å². The second-order valence-corrected chi connectivity index (χ2v) is 8.42. The highest BCUT2D eigenvalue weighted by molar-refractivity contribution is 8.00. The molecule has 1 saturated heterocycles. The van der Waals surface area contributed by atoms with E-state index in [-0.39, 0.29) is 28.6 Å². The molecule has 156 valence electrons. The number of hydrogen-bond donors (Lipinski definition) is 3. The van der Waals surface area contributed by atoms with E-state index in [2.05, 4.69) is 25.9 Å². The smallest absolute Gasteiger partial charge is 0.315 e. The van der Waals surface area contributed by atoms with Gasteiger partial charge in [0, 0.05) is 36.0 Å². The normalized spacial score (nSPS) is 18.7. The molecule has 1 aliphatic carbocycles. The summed E-state index contributed by atoms with van der Waals surface area (Å²) in [7, 11) is 0. The number of nitro groups is 1. The first-order valence-electron chi connectivity index (χ1n) is 9.62. The number of anilines is 1. The van der Waals surface area contributed by atoms with Gasteiger partial charge in [-0.05, 0) is 30.4 Å². The first kappa shape index (κ1) is 20.1. The second-order valence-electron chi connectivity index (χ2n) is 7.17. The van der Waals surface area contributed by atoms with E-state index in [1.54, 1.807) is 12.4 Å². The lowest BCUT2D eigenvalue weighted by Crippen LogP contribution is -2.24. The Morgan fingerprint density at radius 2 is 1.97 bits per heavy atom. The summed E-state index contributed by atoms with van der Waals surface area (Å²) in [6.45, 7) is 0.382. The van der Waals surface area contributed by atoms with Crippen LogP contribution in [0.5, 0.6) is 0 Å². The van der Waals surface area contributed by atoms with Crippen LogP contribution in [0, 0.1) is 10.1 Å². The van der Waals surface area contributed by atoms with Crippen molar-refractivity contribution in [2.45, 2.75) is 41.9 Å². The third kappa shape index (κ3) is 4.51. The lowest BCUT2D eigenvalue weighted by atomic mass is 10.0. The molecule has 1 aromatic heterocycles. The highest BCUT2D eigenvalue weighted by Crippen LogP contribution is 2.33. The molecular formula is C19H20N6O4S. The third-order valence-electron chi connectivity index (χ3n) is 5.15. The summed E-state index contributed by atoms with van der Waals surface area (Å²) in [5.41, 5.74) is 0.982. The summed E-state index contributed by atoms with van der Waals surface area (Å²) in [4.78, 5) is 43.8. The van der Waals surface area contributed by atoms with E-state index in [4.69, 9.17) is 0 Å². The Hall–Kier alpha value is -3.21. The molecule has 1 aromatic carbocycles. The average molecular weight is 428 g/mol. The van der Waals surface area contributed by atoms with Crippen molar-refractivity contribution in [1.82, 2.24) is 20.6 Å². The second kappa shape index (κ2) is 8.66. The topological polar surface area (TPSA) is 139 Å². The molecule has 1 aliphatic heterocycles. The molecule has 0 spiro atoms. The molecule has 2 fully saturated rings. The summed E-state index contributed by atoms with van der Waals surface area (Å²) in [6.07, 6.45) is 8.09. The fourth-order valence-electron chi connectivity index (χ4n) is 3.61. The van der Waals surface area contributed by atoms with Gasteiger partial charge in [-0.2, -0.15) is 0 Å². The van der Waals surface area contributed by atoms with Gasteiger partial charge < -0.3 is 10.6 Å². The molecule has 30 heavy (non-hydrogen) atoms. The van der Waals surface area contributed by atoms with E-state index in [0.717, 1.165) is 18.4 Å². The largest absolute Gasteiger partial charge is 0.335 e. The van der Waals surface area contributed by atoms with Crippen LogP contribution in [0.15, 0.2) is 35.5 Å². The maximum atomic E-state index is 12.9. The van der Waals surface area contributed by atoms with Crippen molar-refractivity contribution in [3.63, 3.8) is 0 Å². The van der Waals surface area contributed by atoms with Crippen molar-refractivity contribution >= 4 is 35.3 Å². The number of nitrogens with zero attached hydrogens (tertiary/aromatic N) is 3. The molecule has 11 heteroatoms. The van der Waals surface area contributed by atoms with Crippen LogP contribution in [0.1, 0.15) is 47.5 Å². The highest BCUT2D eigenvalue weighted by atomic mass is 32.2. The number of aromatic nitrogens is 2. The van der Waals surface area contributed by atoms with Gasteiger partial charge in [0.2, 0.25) is 5.95 Å². The van der Waals surface area contributed by atoms with Crippen LogP contribution < -0.4 is 16.0 Å². The van der Waals surface area contributed by atoms with Crippen LogP contribution in [0.2, 0.25) is 0 Å². The van der Waals surface area contributed by atoms with Gasteiger partial charge in [-0.3, -0.25) is 20.2 Å². The number of carbonyl (C=O) groups excluding carboxylic acids is 2. The molecule has 1 unspecified atom stereocenters.